The molecule has 0 N–H and O–H groups in total. The number of hydrogen-bond donors (Lipinski definition) is 0. The first-order chi connectivity index (χ1) is 7.60. The molecule has 0 saturated heterocycles. The highest BCUT2D eigenvalue weighted by Crippen LogP contribution is 2.12. The summed E-state index contributed by atoms with van der Waals surface area (Å²) in [7, 11) is 2.62. The molecule has 0 bridgehead atoms. The monoisotopic (exact) mass is 286 g/mol. The Bertz CT molecular complexity index is 131. The van der Waals surface area contributed by atoms with E-state index in [0.717, 1.165) is 48.3 Å². The van der Waals surface area contributed by atoms with E-state index in [0.29, 0.717) is 0 Å². The fraction of sp³-hybridized carbons (Fsp3) is 1.00. The highest BCUT2D eigenvalue weighted by molar-refractivity contribution is 6.65. The molecule has 3 nitrogen and oxygen atoms in total. The maximum atomic E-state index is 5.39. The van der Waals surface area contributed by atoms with Crippen LogP contribution in [0.3, 0.4) is 0 Å². The molecule has 0 saturated carbocycles. The van der Waals surface area contributed by atoms with Crippen LogP contribution in [0.25, 0.3) is 0 Å². The third-order valence-electron chi connectivity index (χ3n) is 2.30. The van der Waals surface area contributed by atoms with E-state index in [2.05, 4.69) is 13.5 Å². The Labute approximate surface area is 110 Å². The summed E-state index contributed by atoms with van der Waals surface area (Å²) in [5.74, 6) is 0.769. The van der Waals surface area contributed by atoms with Crippen molar-refractivity contribution in [2.75, 3.05) is 26.7 Å². The Morgan fingerprint density at radius 2 is 1.75 bits per heavy atom. The lowest BCUT2D eigenvalue weighted by Gasteiger charge is -2.21. The smallest absolute Gasteiger partial charge is 0.334 e. The van der Waals surface area contributed by atoms with E-state index in [4.69, 9.17) is 24.9 Å². The molecule has 0 amide bonds. The zero-order valence-corrected chi connectivity index (χ0v) is 15.1. The molecule has 0 atom stereocenters. The van der Waals surface area contributed by atoms with Gasteiger partial charge in [-0.3, -0.25) is 0 Å². The summed E-state index contributed by atoms with van der Waals surface area (Å²) in [5.41, 5.74) is 0. The second-order valence-corrected chi connectivity index (χ2v) is 8.22. The van der Waals surface area contributed by atoms with E-state index in [1.54, 1.807) is 14.2 Å². The Kier molecular flexibility index (Phi) is 16.2. The van der Waals surface area contributed by atoms with E-state index in [1.807, 2.05) is 0 Å². The van der Waals surface area contributed by atoms with Gasteiger partial charge in [-0.25, -0.2) is 0 Å². The van der Waals surface area contributed by atoms with Gasteiger partial charge >= 0.3 is 8.56 Å². The van der Waals surface area contributed by atoms with Crippen LogP contribution in [0.2, 0.25) is 12.6 Å². The van der Waals surface area contributed by atoms with Crippen molar-refractivity contribution in [3.63, 3.8) is 0 Å². The van der Waals surface area contributed by atoms with Crippen molar-refractivity contribution in [2.24, 2.45) is 0 Å². The summed E-state index contributed by atoms with van der Waals surface area (Å²) in [5, 5.41) is 0. The molecule has 100 valence electrons. The first kappa shape index (κ1) is 19.0. The molecule has 0 rings (SSSR count). The third-order valence-corrected chi connectivity index (χ3v) is 6.11. The molecule has 0 aliphatic rings. The molecule has 0 aromatic heterocycles. The van der Waals surface area contributed by atoms with Gasteiger partial charge < -0.3 is 13.3 Å². The van der Waals surface area contributed by atoms with E-state index >= 15 is 0 Å². The van der Waals surface area contributed by atoms with Crippen molar-refractivity contribution in [3.8, 4) is 0 Å². The van der Waals surface area contributed by atoms with Gasteiger partial charge in [0.2, 0.25) is 0 Å². The second-order valence-electron chi connectivity index (χ2n) is 3.68. The summed E-state index contributed by atoms with van der Waals surface area (Å²) >= 11 is 5.39. The average Bonchev–Trinajstić information content (AvgIpc) is 2.31. The number of hydrogen-bond acceptors (Lipinski definition) is 3. The van der Waals surface area contributed by atoms with E-state index < -0.39 is 8.56 Å². The molecule has 0 unspecified atom stereocenters. The number of unbranched alkanes of at least 4 members (excludes halogenated alkanes) is 1. The predicted molar refractivity (Wildman–Crippen MR) is 76.6 cm³/mol. The molecule has 0 aromatic carbocycles. The van der Waals surface area contributed by atoms with E-state index in [1.165, 1.54) is 0 Å². The first-order valence-corrected chi connectivity index (χ1v) is 9.62. The highest BCUT2D eigenvalue weighted by atomic mass is 35.5. The lowest BCUT2D eigenvalue weighted by Crippen LogP contribution is -2.35. The summed E-state index contributed by atoms with van der Waals surface area (Å²) in [6.45, 7) is 5.12. The molecule has 0 aromatic rings. The molecule has 0 aliphatic carbocycles. The topological polar surface area (TPSA) is 27.7 Å². The van der Waals surface area contributed by atoms with Crippen molar-refractivity contribution >= 4 is 30.6 Å². The normalized spacial score (nSPS) is 11.1. The molecule has 0 spiro atoms. The predicted octanol–water partition coefficient (Wildman–Crippen LogP) is 2.06. The molecule has 16 heavy (non-hydrogen) atoms. The van der Waals surface area contributed by atoms with Crippen molar-refractivity contribution in [1.29, 1.82) is 0 Å². The summed E-state index contributed by atoms with van der Waals surface area (Å²) < 4.78 is 15.4. The first-order valence-electron chi connectivity index (χ1n) is 5.75. The van der Waals surface area contributed by atoms with Gasteiger partial charge in [0, 0.05) is 26.7 Å². The molecular weight excluding hydrogens is 260 g/mol. The second kappa shape index (κ2) is 13.7. The molecule has 6 heteroatoms. The third kappa shape index (κ3) is 12.7. The highest BCUT2D eigenvalue weighted by Gasteiger charge is 2.26. The van der Waals surface area contributed by atoms with Crippen molar-refractivity contribution in [2.45, 2.75) is 38.8 Å². The van der Waals surface area contributed by atoms with Gasteiger partial charge in [0.05, 0.1) is 0 Å². The van der Waals surface area contributed by atoms with Gasteiger partial charge in [-0.15, -0.1) is 11.6 Å². The van der Waals surface area contributed by atoms with Crippen LogP contribution in [0.1, 0.15) is 26.2 Å². The molecule has 0 aliphatic heterocycles. The standard InChI is InChI=1S/C6H16O2Si.C4H11ClOSi/c1-5-6-9(4,7-2)8-3;5-3-1-2-4-6-7/h5-6H2,1-4H3;1-4H2,7H3. The van der Waals surface area contributed by atoms with Gasteiger partial charge in [-0.05, 0) is 25.4 Å². The van der Waals surface area contributed by atoms with E-state index in [9.17, 15) is 0 Å². The van der Waals surface area contributed by atoms with Crippen molar-refractivity contribution in [1.82, 2.24) is 0 Å². The number of halogens is 1. The maximum absolute atomic E-state index is 5.39. The summed E-state index contributed by atoms with van der Waals surface area (Å²) in [4.78, 5) is 0. The zero-order valence-electron chi connectivity index (χ0n) is 11.3. The Balaban J connectivity index is 0. The van der Waals surface area contributed by atoms with Gasteiger partial charge in [-0.2, -0.15) is 0 Å². The van der Waals surface area contributed by atoms with Crippen LogP contribution in [0, 0.1) is 0 Å². The van der Waals surface area contributed by atoms with E-state index in [-0.39, 0.29) is 0 Å². The number of alkyl halides is 1. The number of rotatable bonds is 8. The maximum Gasteiger partial charge on any atom is 0.334 e. The lowest BCUT2D eigenvalue weighted by molar-refractivity contribution is 0.249. The Hall–Kier alpha value is 0.604. The summed E-state index contributed by atoms with van der Waals surface area (Å²) in [6, 6.07) is 1.08. The fourth-order valence-corrected chi connectivity index (χ4v) is 3.04. The average molecular weight is 287 g/mol. The van der Waals surface area contributed by atoms with Crippen molar-refractivity contribution in [3.05, 3.63) is 0 Å². The molecule has 0 radical (unpaired) electrons. The van der Waals surface area contributed by atoms with Crippen LogP contribution in [0.5, 0.6) is 0 Å². The SMILES string of the molecule is CCC[Si](C)(OC)OC.[SiH3]OCCCCCl. The van der Waals surface area contributed by atoms with Crippen LogP contribution in [0.15, 0.2) is 0 Å². The van der Waals surface area contributed by atoms with Gasteiger partial charge in [0.15, 0.2) is 0 Å². The Morgan fingerprint density at radius 3 is 2.00 bits per heavy atom. The molecule has 0 fully saturated rings. The molecule has 0 heterocycles. The minimum Gasteiger partial charge on any atom is -0.428 e. The zero-order chi connectivity index (χ0) is 12.9. The van der Waals surface area contributed by atoms with Crippen molar-refractivity contribution < 1.29 is 13.3 Å². The lowest BCUT2D eigenvalue weighted by atomic mass is 10.4. The fourth-order valence-electron chi connectivity index (χ4n) is 1.08. The minimum absolute atomic E-state index is 0.769. The van der Waals surface area contributed by atoms with Crippen LogP contribution >= 0.6 is 11.6 Å². The van der Waals surface area contributed by atoms with Gasteiger partial charge in [-0.1, -0.05) is 13.3 Å². The quantitative estimate of drug-likeness (QED) is 0.388. The molecular formula is C10H27ClO3Si2. The van der Waals surface area contributed by atoms with Gasteiger partial charge in [0.1, 0.15) is 10.5 Å². The van der Waals surface area contributed by atoms with Crippen LogP contribution in [-0.2, 0) is 13.3 Å². The minimum atomic E-state index is -1.70. The van der Waals surface area contributed by atoms with Crippen LogP contribution < -0.4 is 0 Å². The van der Waals surface area contributed by atoms with Gasteiger partial charge in [0.25, 0.3) is 0 Å². The van der Waals surface area contributed by atoms with Crippen LogP contribution in [-0.4, -0.2) is 45.8 Å². The Morgan fingerprint density at radius 1 is 1.19 bits per heavy atom. The van der Waals surface area contributed by atoms with Crippen LogP contribution in [0.4, 0.5) is 0 Å². The largest absolute Gasteiger partial charge is 0.428 e. The summed E-state index contributed by atoms with van der Waals surface area (Å²) in [6.07, 6.45) is 3.35.